The van der Waals surface area contributed by atoms with Gasteiger partial charge in [0.15, 0.2) is 0 Å². The molecule has 0 unspecified atom stereocenters. The Kier molecular flexibility index (Phi) is 7.64. The average molecular weight is 404 g/mol. The molecule has 1 aliphatic heterocycles. The summed E-state index contributed by atoms with van der Waals surface area (Å²) >= 11 is 0. The first-order valence-corrected chi connectivity index (χ1v) is 8.94. The monoisotopic (exact) mass is 404 g/mol. The van der Waals surface area contributed by atoms with E-state index in [9.17, 15) is 14.4 Å². The van der Waals surface area contributed by atoms with Gasteiger partial charge in [-0.3, -0.25) is 0 Å². The SMILES string of the molecule is CCOC(=O)C1=C(COC(=O)/C=C/c2cc(OC)ccc2OC)NC(=O)N[C@H]1C. The van der Waals surface area contributed by atoms with Gasteiger partial charge in [-0.1, -0.05) is 0 Å². The van der Waals surface area contributed by atoms with Crippen molar-refractivity contribution in [2.75, 3.05) is 27.4 Å². The van der Waals surface area contributed by atoms with Gasteiger partial charge in [0.2, 0.25) is 0 Å². The summed E-state index contributed by atoms with van der Waals surface area (Å²) in [7, 11) is 3.05. The molecule has 0 aliphatic carbocycles. The van der Waals surface area contributed by atoms with Crippen molar-refractivity contribution in [3.8, 4) is 11.5 Å². The maximum absolute atomic E-state index is 12.2. The predicted octanol–water partition coefficient (Wildman–Crippen LogP) is 1.78. The van der Waals surface area contributed by atoms with Crippen molar-refractivity contribution in [1.82, 2.24) is 10.6 Å². The lowest BCUT2D eigenvalue weighted by Crippen LogP contribution is -2.50. The number of ether oxygens (including phenoxy) is 4. The number of nitrogens with one attached hydrogen (secondary N) is 2. The Hall–Kier alpha value is -3.49. The van der Waals surface area contributed by atoms with Crippen LogP contribution in [0.4, 0.5) is 4.79 Å². The Bertz CT molecular complexity index is 845. The van der Waals surface area contributed by atoms with Crippen molar-refractivity contribution in [3.63, 3.8) is 0 Å². The first-order chi connectivity index (χ1) is 13.9. The molecule has 29 heavy (non-hydrogen) atoms. The molecule has 1 aromatic rings. The minimum atomic E-state index is -0.661. The number of amides is 2. The summed E-state index contributed by atoms with van der Waals surface area (Å²) < 4.78 is 20.6. The van der Waals surface area contributed by atoms with Crippen LogP contribution in [0.3, 0.4) is 0 Å². The van der Waals surface area contributed by atoms with Crippen LogP contribution in [0.25, 0.3) is 6.08 Å². The van der Waals surface area contributed by atoms with Crippen molar-refractivity contribution in [1.29, 1.82) is 0 Å². The number of esters is 2. The molecule has 2 amide bonds. The van der Waals surface area contributed by atoms with E-state index in [1.165, 1.54) is 26.4 Å². The van der Waals surface area contributed by atoms with E-state index < -0.39 is 24.0 Å². The van der Waals surface area contributed by atoms with Gasteiger partial charge in [0.05, 0.1) is 38.1 Å². The number of methoxy groups -OCH3 is 2. The maximum atomic E-state index is 12.2. The topological polar surface area (TPSA) is 112 Å². The lowest BCUT2D eigenvalue weighted by Gasteiger charge is -2.26. The summed E-state index contributed by atoms with van der Waals surface area (Å²) in [5, 5.41) is 5.06. The van der Waals surface area contributed by atoms with E-state index in [-0.39, 0.29) is 24.5 Å². The second-order valence-electron chi connectivity index (χ2n) is 5.98. The third-order valence-corrected chi connectivity index (χ3v) is 4.06. The highest BCUT2D eigenvalue weighted by Crippen LogP contribution is 2.25. The van der Waals surface area contributed by atoms with Crippen LogP contribution < -0.4 is 20.1 Å². The Balaban J connectivity index is 2.12. The van der Waals surface area contributed by atoms with Crippen molar-refractivity contribution < 1.29 is 33.3 Å². The highest BCUT2D eigenvalue weighted by atomic mass is 16.5. The van der Waals surface area contributed by atoms with Crippen molar-refractivity contribution in [3.05, 3.63) is 41.1 Å². The van der Waals surface area contributed by atoms with Gasteiger partial charge in [-0.2, -0.15) is 0 Å². The summed E-state index contributed by atoms with van der Waals surface area (Å²) in [5.74, 6) is -0.0859. The van der Waals surface area contributed by atoms with Gasteiger partial charge >= 0.3 is 18.0 Å². The van der Waals surface area contributed by atoms with Gasteiger partial charge in [-0.05, 0) is 38.1 Å². The van der Waals surface area contributed by atoms with E-state index in [1.807, 2.05) is 0 Å². The van der Waals surface area contributed by atoms with Crippen LogP contribution in [0.15, 0.2) is 35.5 Å². The van der Waals surface area contributed by atoms with Gasteiger partial charge in [0.1, 0.15) is 18.1 Å². The molecule has 0 spiro atoms. The standard InChI is InChI=1S/C20H24N2O7/c1-5-28-19(24)18-12(2)21-20(25)22-15(18)11-29-17(23)9-6-13-10-14(26-3)7-8-16(13)27-4/h6-10,12H,5,11H2,1-4H3,(H2,21,22,25)/b9-6+/t12-/m0/s1. The van der Waals surface area contributed by atoms with E-state index in [4.69, 9.17) is 18.9 Å². The number of rotatable bonds is 8. The molecule has 1 aromatic carbocycles. The predicted molar refractivity (Wildman–Crippen MR) is 104 cm³/mol. The Morgan fingerprint density at radius 2 is 1.93 bits per heavy atom. The molecule has 0 saturated carbocycles. The third-order valence-electron chi connectivity index (χ3n) is 4.06. The summed E-state index contributed by atoms with van der Waals surface area (Å²) in [5.41, 5.74) is 1.01. The molecule has 9 heteroatoms. The molecule has 0 bridgehead atoms. The molecule has 2 rings (SSSR count). The number of benzene rings is 1. The van der Waals surface area contributed by atoms with E-state index >= 15 is 0 Å². The smallest absolute Gasteiger partial charge is 0.338 e. The van der Waals surface area contributed by atoms with Crippen molar-refractivity contribution in [2.24, 2.45) is 0 Å². The number of hydrogen-bond acceptors (Lipinski definition) is 7. The van der Waals surface area contributed by atoms with Crippen molar-refractivity contribution in [2.45, 2.75) is 19.9 Å². The molecule has 1 heterocycles. The first kappa shape index (κ1) is 21.8. The molecule has 1 atom stereocenters. The van der Waals surface area contributed by atoms with Crippen LogP contribution >= 0.6 is 0 Å². The quantitative estimate of drug-likeness (QED) is 0.502. The Morgan fingerprint density at radius 3 is 2.59 bits per heavy atom. The molecule has 1 aliphatic rings. The second kappa shape index (κ2) is 10.2. The van der Waals surface area contributed by atoms with Gasteiger partial charge in [0.25, 0.3) is 0 Å². The van der Waals surface area contributed by atoms with Crippen LogP contribution in [0.5, 0.6) is 11.5 Å². The summed E-state index contributed by atoms with van der Waals surface area (Å²) in [6.45, 7) is 3.21. The minimum Gasteiger partial charge on any atom is -0.497 e. The zero-order valence-electron chi connectivity index (χ0n) is 16.7. The fraction of sp³-hybridized carbons (Fsp3) is 0.350. The van der Waals surface area contributed by atoms with E-state index in [0.717, 1.165) is 0 Å². The van der Waals surface area contributed by atoms with Crippen molar-refractivity contribution >= 4 is 24.0 Å². The van der Waals surface area contributed by atoms with Crippen LogP contribution in [0.2, 0.25) is 0 Å². The zero-order valence-corrected chi connectivity index (χ0v) is 16.7. The maximum Gasteiger partial charge on any atom is 0.338 e. The largest absolute Gasteiger partial charge is 0.497 e. The fourth-order valence-electron chi connectivity index (χ4n) is 2.71. The van der Waals surface area contributed by atoms with Crippen LogP contribution in [-0.4, -0.2) is 51.4 Å². The zero-order chi connectivity index (χ0) is 21.4. The number of carbonyl (C=O) groups is 3. The summed E-state index contributed by atoms with van der Waals surface area (Å²) in [6, 6.07) is 4.09. The summed E-state index contributed by atoms with van der Waals surface area (Å²) in [4.78, 5) is 36.0. The minimum absolute atomic E-state index is 0.181. The van der Waals surface area contributed by atoms with E-state index in [0.29, 0.717) is 17.1 Å². The lowest BCUT2D eigenvalue weighted by atomic mass is 10.0. The normalized spacial score (nSPS) is 16.1. The molecular formula is C20H24N2O7. The lowest BCUT2D eigenvalue weighted by molar-refractivity contribution is -0.140. The first-order valence-electron chi connectivity index (χ1n) is 8.94. The highest BCUT2D eigenvalue weighted by Gasteiger charge is 2.30. The molecule has 0 aromatic heterocycles. The van der Waals surface area contributed by atoms with E-state index in [1.54, 1.807) is 32.0 Å². The average Bonchev–Trinajstić information content (AvgIpc) is 2.70. The second-order valence-corrected chi connectivity index (χ2v) is 5.98. The molecule has 0 saturated heterocycles. The fourth-order valence-corrected chi connectivity index (χ4v) is 2.71. The molecule has 9 nitrogen and oxygen atoms in total. The van der Waals surface area contributed by atoms with Gasteiger partial charge in [-0.15, -0.1) is 0 Å². The Labute approximate surface area is 168 Å². The van der Waals surface area contributed by atoms with Gasteiger partial charge in [0, 0.05) is 11.6 Å². The number of urea groups is 1. The number of hydrogen-bond donors (Lipinski definition) is 2. The molecule has 2 N–H and O–H groups in total. The molecule has 0 radical (unpaired) electrons. The third kappa shape index (κ3) is 5.74. The van der Waals surface area contributed by atoms with Gasteiger partial charge in [-0.25, -0.2) is 14.4 Å². The molecule has 156 valence electrons. The summed E-state index contributed by atoms with van der Waals surface area (Å²) in [6.07, 6.45) is 2.74. The molecular weight excluding hydrogens is 380 g/mol. The van der Waals surface area contributed by atoms with Crippen LogP contribution in [0.1, 0.15) is 19.4 Å². The van der Waals surface area contributed by atoms with Gasteiger partial charge < -0.3 is 29.6 Å². The highest BCUT2D eigenvalue weighted by molar-refractivity contribution is 5.95. The van der Waals surface area contributed by atoms with Crippen LogP contribution in [-0.2, 0) is 19.1 Å². The van der Waals surface area contributed by atoms with E-state index in [2.05, 4.69) is 10.6 Å². The molecule has 0 fully saturated rings. The van der Waals surface area contributed by atoms with Crippen LogP contribution in [0, 0.1) is 0 Å². The Morgan fingerprint density at radius 1 is 1.17 bits per heavy atom. The number of carbonyl (C=O) groups excluding carboxylic acids is 3.